The highest BCUT2D eigenvalue weighted by molar-refractivity contribution is 7.14. The van der Waals surface area contributed by atoms with Crippen LogP contribution >= 0.6 is 11.3 Å². The van der Waals surface area contributed by atoms with Crippen molar-refractivity contribution >= 4 is 28.3 Å². The molecule has 0 bridgehead atoms. The number of nitrogens with one attached hydrogen (secondary N) is 1. The van der Waals surface area contributed by atoms with Gasteiger partial charge in [-0.3, -0.25) is 14.5 Å². The molecule has 1 atom stereocenters. The van der Waals surface area contributed by atoms with Crippen LogP contribution in [0.1, 0.15) is 56.8 Å². The first-order valence-electron chi connectivity index (χ1n) is 9.71. The van der Waals surface area contributed by atoms with Crippen molar-refractivity contribution in [2.24, 2.45) is 5.92 Å². The summed E-state index contributed by atoms with van der Waals surface area (Å²) in [5, 5.41) is 5.81. The van der Waals surface area contributed by atoms with Crippen molar-refractivity contribution in [3.05, 3.63) is 47.0 Å². The van der Waals surface area contributed by atoms with Gasteiger partial charge in [0.25, 0.3) is 0 Å². The number of aromatic nitrogens is 1. The van der Waals surface area contributed by atoms with E-state index in [0.29, 0.717) is 17.5 Å². The van der Waals surface area contributed by atoms with Crippen LogP contribution in [-0.2, 0) is 16.0 Å². The molecule has 1 aliphatic heterocycles. The van der Waals surface area contributed by atoms with E-state index in [1.807, 2.05) is 23.6 Å². The molecule has 6 heteroatoms. The third-order valence-corrected chi connectivity index (χ3v) is 6.09. The molecule has 2 amide bonds. The van der Waals surface area contributed by atoms with Gasteiger partial charge in [0.15, 0.2) is 5.13 Å². The molecule has 0 spiro atoms. The summed E-state index contributed by atoms with van der Waals surface area (Å²) in [4.78, 5) is 30.8. The standard InChI is InChI=1S/C21H27N3O2S/c1-3-15(4-2)20(16-9-6-5-7-10-16)23-18(25)13-17-14-27-21(22-17)24-12-8-11-19(24)26/h5-7,9-10,14-15,20H,3-4,8,11-13H2,1-2H3,(H,23,25). The Kier molecular flexibility index (Phi) is 6.61. The molecular formula is C21H27N3O2S. The average molecular weight is 386 g/mol. The lowest BCUT2D eigenvalue weighted by molar-refractivity contribution is -0.121. The highest BCUT2D eigenvalue weighted by Gasteiger charge is 2.25. The van der Waals surface area contributed by atoms with Crippen molar-refractivity contribution in [3.8, 4) is 0 Å². The SMILES string of the molecule is CCC(CC)C(NC(=O)Cc1csc(N2CCCC2=O)n1)c1ccccc1. The number of amides is 2. The zero-order chi connectivity index (χ0) is 19.2. The highest BCUT2D eigenvalue weighted by atomic mass is 32.1. The van der Waals surface area contributed by atoms with Crippen molar-refractivity contribution in [2.75, 3.05) is 11.4 Å². The van der Waals surface area contributed by atoms with Gasteiger partial charge in [-0.2, -0.15) is 0 Å². The van der Waals surface area contributed by atoms with Gasteiger partial charge >= 0.3 is 0 Å². The quantitative estimate of drug-likeness (QED) is 0.744. The number of anilines is 1. The number of hydrogen-bond acceptors (Lipinski definition) is 4. The van der Waals surface area contributed by atoms with E-state index in [4.69, 9.17) is 0 Å². The Morgan fingerprint density at radius 3 is 2.63 bits per heavy atom. The minimum atomic E-state index is -0.0275. The van der Waals surface area contributed by atoms with E-state index in [1.54, 1.807) is 4.90 Å². The maximum Gasteiger partial charge on any atom is 0.228 e. The minimum Gasteiger partial charge on any atom is -0.349 e. The lowest BCUT2D eigenvalue weighted by atomic mass is 9.88. The monoisotopic (exact) mass is 385 g/mol. The van der Waals surface area contributed by atoms with Crippen LogP contribution < -0.4 is 10.2 Å². The Hall–Kier alpha value is -2.21. The normalized spacial score (nSPS) is 15.4. The van der Waals surface area contributed by atoms with Gasteiger partial charge in [-0.05, 0) is 17.9 Å². The Morgan fingerprint density at radius 1 is 1.26 bits per heavy atom. The predicted octanol–water partition coefficient (Wildman–Crippen LogP) is 4.11. The Labute approximate surface area is 164 Å². The molecular weight excluding hydrogens is 358 g/mol. The molecule has 5 nitrogen and oxygen atoms in total. The van der Waals surface area contributed by atoms with Gasteiger partial charge in [0.1, 0.15) is 0 Å². The lowest BCUT2D eigenvalue weighted by Crippen LogP contribution is -2.34. The number of benzene rings is 1. The van der Waals surface area contributed by atoms with Gasteiger partial charge in [0.2, 0.25) is 11.8 Å². The molecule has 0 radical (unpaired) electrons. The first kappa shape index (κ1) is 19.5. The Bertz CT molecular complexity index is 771. The molecule has 2 aromatic rings. The van der Waals surface area contributed by atoms with Crippen LogP contribution in [0.3, 0.4) is 0 Å². The van der Waals surface area contributed by atoms with E-state index in [9.17, 15) is 9.59 Å². The summed E-state index contributed by atoms with van der Waals surface area (Å²) in [5.41, 5.74) is 1.87. The number of carbonyl (C=O) groups is 2. The van der Waals surface area contributed by atoms with Crippen molar-refractivity contribution in [1.82, 2.24) is 10.3 Å². The van der Waals surface area contributed by atoms with Crippen molar-refractivity contribution in [3.63, 3.8) is 0 Å². The topological polar surface area (TPSA) is 62.3 Å². The van der Waals surface area contributed by atoms with E-state index in [0.717, 1.165) is 37.1 Å². The van der Waals surface area contributed by atoms with Crippen molar-refractivity contribution in [2.45, 2.75) is 52.0 Å². The average Bonchev–Trinajstić information content (AvgIpc) is 3.31. The van der Waals surface area contributed by atoms with Crippen LogP contribution in [0.15, 0.2) is 35.7 Å². The number of rotatable bonds is 8. The van der Waals surface area contributed by atoms with Crippen LogP contribution in [-0.4, -0.2) is 23.3 Å². The molecule has 0 aliphatic carbocycles. The summed E-state index contributed by atoms with van der Waals surface area (Å²) in [6.45, 7) is 5.05. The predicted molar refractivity (Wildman–Crippen MR) is 109 cm³/mol. The summed E-state index contributed by atoms with van der Waals surface area (Å²) in [5.74, 6) is 0.489. The summed E-state index contributed by atoms with van der Waals surface area (Å²) in [6.07, 6.45) is 3.72. The first-order chi connectivity index (χ1) is 13.1. The van der Waals surface area contributed by atoms with E-state index in [-0.39, 0.29) is 24.3 Å². The Morgan fingerprint density at radius 2 is 2.00 bits per heavy atom. The van der Waals surface area contributed by atoms with Gasteiger partial charge in [0, 0.05) is 18.3 Å². The molecule has 1 unspecified atom stereocenters. The smallest absolute Gasteiger partial charge is 0.228 e. The number of thiazole rings is 1. The second-order valence-electron chi connectivity index (χ2n) is 6.98. The van der Waals surface area contributed by atoms with Crippen LogP contribution in [0, 0.1) is 5.92 Å². The molecule has 1 fully saturated rings. The zero-order valence-electron chi connectivity index (χ0n) is 16.0. The van der Waals surface area contributed by atoms with Crippen molar-refractivity contribution in [1.29, 1.82) is 0 Å². The van der Waals surface area contributed by atoms with Crippen molar-refractivity contribution < 1.29 is 9.59 Å². The maximum atomic E-state index is 12.7. The first-order valence-corrected chi connectivity index (χ1v) is 10.6. The van der Waals surface area contributed by atoms with E-state index in [2.05, 4.69) is 36.3 Å². The van der Waals surface area contributed by atoms with Gasteiger partial charge in [0.05, 0.1) is 18.2 Å². The molecule has 1 N–H and O–H groups in total. The third kappa shape index (κ3) is 4.75. The zero-order valence-corrected chi connectivity index (χ0v) is 16.8. The van der Waals surface area contributed by atoms with Crippen LogP contribution in [0.25, 0.3) is 0 Å². The summed E-state index contributed by atoms with van der Waals surface area (Å²) < 4.78 is 0. The molecule has 0 saturated carbocycles. The number of carbonyl (C=O) groups excluding carboxylic acids is 2. The second-order valence-corrected chi connectivity index (χ2v) is 7.82. The van der Waals surface area contributed by atoms with Gasteiger partial charge in [-0.25, -0.2) is 4.98 Å². The van der Waals surface area contributed by atoms with E-state index >= 15 is 0 Å². The Balaban J connectivity index is 1.67. The minimum absolute atomic E-state index is 0.00645. The third-order valence-electron chi connectivity index (χ3n) is 5.18. The van der Waals surface area contributed by atoms with E-state index in [1.165, 1.54) is 11.3 Å². The van der Waals surface area contributed by atoms with E-state index < -0.39 is 0 Å². The highest BCUT2D eigenvalue weighted by Crippen LogP contribution is 2.28. The fourth-order valence-corrected chi connectivity index (χ4v) is 4.50. The van der Waals surface area contributed by atoms with Gasteiger partial charge in [-0.15, -0.1) is 11.3 Å². The van der Waals surface area contributed by atoms with Gasteiger partial charge in [-0.1, -0.05) is 57.0 Å². The second kappa shape index (κ2) is 9.13. The molecule has 2 heterocycles. The molecule has 144 valence electrons. The van der Waals surface area contributed by atoms with Crippen LogP contribution in [0.2, 0.25) is 0 Å². The fourth-order valence-electron chi connectivity index (χ4n) is 3.63. The summed E-state index contributed by atoms with van der Waals surface area (Å²) in [6, 6.07) is 10.2. The molecule has 1 aromatic carbocycles. The fraction of sp³-hybridized carbons (Fsp3) is 0.476. The largest absolute Gasteiger partial charge is 0.349 e. The van der Waals surface area contributed by atoms with Crippen LogP contribution in [0.4, 0.5) is 5.13 Å². The molecule has 1 aliphatic rings. The summed E-state index contributed by atoms with van der Waals surface area (Å²) in [7, 11) is 0. The molecule has 3 rings (SSSR count). The molecule has 1 saturated heterocycles. The molecule has 27 heavy (non-hydrogen) atoms. The molecule has 1 aromatic heterocycles. The lowest BCUT2D eigenvalue weighted by Gasteiger charge is -2.27. The maximum absolute atomic E-state index is 12.7. The van der Waals surface area contributed by atoms with Gasteiger partial charge < -0.3 is 5.32 Å². The summed E-state index contributed by atoms with van der Waals surface area (Å²) >= 11 is 1.44. The number of hydrogen-bond donors (Lipinski definition) is 1. The number of nitrogens with zero attached hydrogens (tertiary/aromatic N) is 2. The van der Waals surface area contributed by atoms with Crippen LogP contribution in [0.5, 0.6) is 0 Å².